The second-order valence-electron chi connectivity index (χ2n) is 6.51. The average molecular weight is 510 g/mol. The van der Waals surface area contributed by atoms with Crippen molar-refractivity contribution in [1.82, 2.24) is 10.6 Å². The summed E-state index contributed by atoms with van der Waals surface area (Å²) in [5.74, 6) is 1.51. The van der Waals surface area contributed by atoms with Gasteiger partial charge in [0, 0.05) is 51.1 Å². The number of aliphatic imine (C=N–C) groups is 1. The Kier molecular flexibility index (Phi) is 13.9. The monoisotopic (exact) mass is 509 g/mol. The fourth-order valence-electron chi connectivity index (χ4n) is 2.88. The summed E-state index contributed by atoms with van der Waals surface area (Å²) in [6, 6.07) is 7.95. The molecule has 5 nitrogen and oxygen atoms in total. The predicted molar refractivity (Wildman–Crippen MR) is 124 cm³/mol. The van der Waals surface area contributed by atoms with E-state index < -0.39 is 0 Å². The molecule has 1 heterocycles. The maximum atomic E-state index is 6.19. The van der Waals surface area contributed by atoms with Crippen molar-refractivity contribution in [2.24, 2.45) is 10.9 Å². The Balaban J connectivity index is 0.00000364. The van der Waals surface area contributed by atoms with Crippen LogP contribution in [0.2, 0.25) is 5.02 Å². The molecular weight excluding hydrogens is 477 g/mol. The molecule has 1 aromatic rings. The van der Waals surface area contributed by atoms with Crippen molar-refractivity contribution in [3.8, 4) is 0 Å². The predicted octanol–water partition coefficient (Wildman–Crippen LogP) is 3.89. The molecule has 0 aliphatic carbocycles. The molecule has 1 fully saturated rings. The van der Waals surface area contributed by atoms with Crippen molar-refractivity contribution in [1.29, 1.82) is 0 Å². The van der Waals surface area contributed by atoms with Gasteiger partial charge in [-0.2, -0.15) is 0 Å². The first kappa shape index (κ1) is 24.5. The molecule has 0 radical (unpaired) electrons. The smallest absolute Gasteiger partial charge is 0.191 e. The van der Waals surface area contributed by atoms with E-state index >= 15 is 0 Å². The van der Waals surface area contributed by atoms with E-state index in [1.165, 1.54) is 0 Å². The number of nitrogens with zero attached hydrogens (tertiary/aromatic N) is 1. The van der Waals surface area contributed by atoms with E-state index in [2.05, 4.69) is 28.6 Å². The summed E-state index contributed by atoms with van der Waals surface area (Å²) in [5, 5.41) is 7.46. The summed E-state index contributed by atoms with van der Waals surface area (Å²) < 4.78 is 11.2. The molecule has 1 aromatic carbocycles. The third-order valence-corrected chi connectivity index (χ3v) is 4.77. The van der Waals surface area contributed by atoms with Crippen molar-refractivity contribution in [2.45, 2.75) is 32.6 Å². The van der Waals surface area contributed by atoms with Gasteiger partial charge in [-0.05, 0) is 50.2 Å². The van der Waals surface area contributed by atoms with Crippen molar-refractivity contribution >= 4 is 41.5 Å². The van der Waals surface area contributed by atoms with Gasteiger partial charge in [0.2, 0.25) is 0 Å². The molecule has 0 amide bonds. The minimum atomic E-state index is 0. The molecule has 0 spiro atoms. The highest BCUT2D eigenvalue weighted by atomic mass is 127. The number of nitrogens with one attached hydrogen (secondary N) is 2. The highest BCUT2D eigenvalue weighted by Crippen LogP contribution is 2.15. The number of halogens is 2. The zero-order valence-corrected chi connectivity index (χ0v) is 19.3. The van der Waals surface area contributed by atoms with Crippen molar-refractivity contribution in [3.63, 3.8) is 0 Å². The van der Waals surface area contributed by atoms with Crippen LogP contribution in [0.25, 0.3) is 0 Å². The summed E-state index contributed by atoms with van der Waals surface area (Å²) in [4.78, 5) is 4.61. The first-order chi connectivity index (χ1) is 12.8. The van der Waals surface area contributed by atoms with Crippen LogP contribution >= 0.6 is 35.6 Å². The van der Waals surface area contributed by atoms with Crippen LogP contribution in [0, 0.1) is 5.92 Å². The summed E-state index contributed by atoms with van der Waals surface area (Å²) in [6.45, 7) is 7.85. The maximum absolute atomic E-state index is 6.19. The fraction of sp³-hybridized carbons (Fsp3) is 0.650. The number of hydrogen-bond acceptors (Lipinski definition) is 3. The lowest BCUT2D eigenvalue weighted by Gasteiger charge is -2.21. The second-order valence-corrected chi connectivity index (χ2v) is 6.92. The minimum absolute atomic E-state index is 0. The Hall–Kier alpha value is -0.570. The number of hydrogen-bond donors (Lipinski definition) is 2. The van der Waals surface area contributed by atoms with Crippen LogP contribution in [0.5, 0.6) is 0 Å². The third kappa shape index (κ3) is 10.5. The number of guanidine groups is 1. The quantitative estimate of drug-likeness (QED) is 0.217. The first-order valence-electron chi connectivity index (χ1n) is 9.70. The lowest BCUT2D eigenvalue weighted by molar-refractivity contribution is 0.0205. The maximum Gasteiger partial charge on any atom is 0.191 e. The van der Waals surface area contributed by atoms with Crippen molar-refractivity contribution < 1.29 is 9.47 Å². The van der Waals surface area contributed by atoms with Crippen LogP contribution in [0.3, 0.4) is 0 Å². The highest BCUT2D eigenvalue weighted by Gasteiger charge is 2.13. The molecule has 1 aliphatic rings. The highest BCUT2D eigenvalue weighted by molar-refractivity contribution is 14.0. The van der Waals surface area contributed by atoms with Gasteiger partial charge < -0.3 is 20.1 Å². The molecule has 27 heavy (non-hydrogen) atoms. The summed E-state index contributed by atoms with van der Waals surface area (Å²) in [7, 11) is 0. The molecule has 0 aromatic heterocycles. The Labute approximate surface area is 185 Å². The van der Waals surface area contributed by atoms with Gasteiger partial charge in [-0.25, -0.2) is 0 Å². The second kappa shape index (κ2) is 15.4. The number of rotatable bonds is 10. The van der Waals surface area contributed by atoms with E-state index in [9.17, 15) is 0 Å². The Morgan fingerprint density at radius 2 is 2.04 bits per heavy atom. The van der Waals surface area contributed by atoms with E-state index in [0.29, 0.717) is 5.92 Å². The van der Waals surface area contributed by atoms with Crippen LogP contribution < -0.4 is 10.6 Å². The lowest BCUT2D eigenvalue weighted by atomic mass is 10.0. The zero-order chi connectivity index (χ0) is 18.5. The molecular formula is C20H33ClIN3O2. The number of benzene rings is 1. The summed E-state index contributed by atoms with van der Waals surface area (Å²) in [5.41, 5.74) is 1.15. The van der Waals surface area contributed by atoms with Crippen molar-refractivity contribution in [2.75, 3.05) is 46.1 Å². The average Bonchev–Trinajstić information content (AvgIpc) is 2.67. The van der Waals surface area contributed by atoms with E-state index in [0.717, 1.165) is 88.3 Å². The van der Waals surface area contributed by atoms with Gasteiger partial charge in [0.25, 0.3) is 0 Å². The molecule has 7 heteroatoms. The Morgan fingerprint density at radius 3 is 2.78 bits per heavy atom. The molecule has 154 valence electrons. The SMILES string of the molecule is CCNC(=NCCCOCC1CCOCC1)NCCc1ccccc1Cl.I. The topological polar surface area (TPSA) is 54.9 Å². The number of ether oxygens (including phenoxy) is 2. The molecule has 2 N–H and O–H groups in total. The third-order valence-electron chi connectivity index (χ3n) is 4.40. The zero-order valence-electron chi connectivity index (χ0n) is 16.2. The molecule has 0 unspecified atom stereocenters. The van der Waals surface area contributed by atoms with Crippen molar-refractivity contribution in [3.05, 3.63) is 34.9 Å². The van der Waals surface area contributed by atoms with Gasteiger partial charge >= 0.3 is 0 Å². The largest absolute Gasteiger partial charge is 0.381 e. The Bertz CT molecular complexity index is 540. The molecule has 0 atom stereocenters. The van der Waals surface area contributed by atoms with Gasteiger partial charge in [-0.3, -0.25) is 4.99 Å². The van der Waals surface area contributed by atoms with E-state index in [4.69, 9.17) is 21.1 Å². The summed E-state index contributed by atoms with van der Waals surface area (Å²) >= 11 is 6.19. The molecule has 1 saturated heterocycles. The fourth-order valence-corrected chi connectivity index (χ4v) is 3.11. The van der Waals surface area contributed by atoms with Crippen LogP contribution in [0.1, 0.15) is 31.7 Å². The molecule has 0 bridgehead atoms. The lowest BCUT2D eigenvalue weighted by Crippen LogP contribution is -2.38. The molecule has 0 saturated carbocycles. The van der Waals surface area contributed by atoms with Crippen LogP contribution in [0.4, 0.5) is 0 Å². The van der Waals surface area contributed by atoms with Gasteiger partial charge in [0.05, 0.1) is 0 Å². The van der Waals surface area contributed by atoms with Gasteiger partial charge in [0.15, 0.2) is 5.96 Å². The Morgan fingerprint density at radius 1 is 1.26 bits per heavy atom. The van der Waals surface area contributed by atoms with Gasteiger partial charge in [-0.1, -0.05) is 29.8 Å². The van der Waals surface area contributed by atoms with E-state index in [-0.39, 0.29) is 24.0 Å². The van der Waals surface area contributed by atoms with Crippen LogP contribution in [0.15, 0.2) is 29.3 Å². The van der Waals surface area contributed by atoms with Gasteiger partial charge in [-0.15, -0.1) is 24.0 Å². The standard InChI is InChI=1S/C20H32ClN3O2.HI/c1-2-22-20(24-12-8-18-6-3-4-7-19(18)21)23-11-5-13-26-16-17-9-14-25-15-10-17;/h3-4,6-7,17H,2,5,8-16H2,1H3,(H2,22,23,24);1H. The normalized spacial score (nSPS) is 15.3. The summed E-state index contributed by atoms with van der Waals surface area (Å²) in [6.07, 6.45) is 4.05. The molecule has 2 rings (SSSR count). The molecule has 1 aliphatic heterocycles. The van der Waals surface area contributed by atoms with Gasteiger partial charge in [0.1, 0.15) is 0 Å². The van der Waals surface area contributed by atoms with E-state index in [1.807, 2.05) is 18.2 Å². The van der Waals surface area contributed by atoms with Crippen LogP contribution in [-0.4, -0.2) is 52.0 Å². The van der Waals surface area contributed by atoms with E-state index in [1.54, 1.807) is 0 Å². The van der Waals surface area contributed by atoms with Crippen LogP contribution in [-0.2, 0) is 15.9 Å². The minimum Gasteiger partial charge on any atom is -0.381 e. The first-order valence-corrected chi connectivity index (χ1v) is 10.1.